The Morgan fingerprint density at radius 3 is 1.90 bits per heavy atom. The highest BCUT2D eigenvalue weighted by Crippen LogP contribution is 2.64. The summed E-state index contributed by atoms with van der Waals surface area (Å²) in [5.41, 5.74) is 16.2. The van der Waals surface area contributed by atoms with Crippen molar-refractivity contribution in [3.8, 4) is 44.8 Å². The van der Waals surface area contributed by atoms with Crippen molar-refractivity contribution >= 4 is 32.6 Å². The molecule has 0 atom stereocenters. The van der Waals surface area contributed by atoms with E-state index in [1.54, 1.807) is 0 Å². The van der Waals surface area contributed by atoms with E-state index in [0.29, 0.717) is 0 Å². The lowest BCUT2D eigenvalue weighted by atomic mass is 9.69. The van der Waals surface area contributed by atoms with Gasteiger partial charge < -0.3 is 4.57 Å². The summed E-state index contributed by atoms with van der Waals surface area (Å²) in [5.74, 6) is 0.983. The molecule has 8 aromatic carbocycles. The predicted octanol–water partition coefficient (Wildman–Crippen LogP) is 11.6. The van der Waals surface area contributed by atoms with Crippen LogP contribution in [0.4, 0.5) is 0 Å². The Hall–Kier alpha value is -6.25. The summed E-state index contributed by atoms with van der Waals surface area (Å²) in [4.78, 5) is 4.92. The molecule has 0 saturated heterocycles. The van der Waals surface area contributed by atoms with E-state index in [0.717, 1.165) is 22.4 Å². The number of para-hydroxylation sites is 2. The molecule has 2 aliphatic carbocycles. The predicted molar refractivity (Wildman–Crippen MR) is 203 cm³/mol. The fourth-order valence-corrected chi connectivity index (χ4v) is 9.06. The molecule has 1 aromatic heterocycles. The van der Waals surface area contributed by atoms with Crippen LogP contribution in [0.15, 0.2) is 164 Å². The molecule has 49 heavy (non-hydrogen) atoms. The fourth-order valence-electron chi connectivity index (χ4n) is 9.06. The van der Waals surface area contributed by atoms with Crippen LogP contribution in [-0.2, 0) is 12.5 Å². The minimum atomic E-state index is -0.393. The van der Waals surface area contributed by atoms with Crippen molar-refractivity contribution in [1.82, 2.24) is 9.55 Å². The van der Waals surface area contributed by atoms with Crippen molar-refractivity contribution < 1.29 is 0 Å². The summed E-state index contributed by atoms with van der Waals surface area (Å²) >= 11 is 0. The van der Waals surface area contributed by atoms with Crippen LogP contribution in [0.2, 0.25) is 0 Å². The topological polar surface area (TPSA) is 17.8 Å². The summed E-state index contributed by atoms with van der Waals surface area (Å²) in [6, 6.07) is 60.8. The number of nitrogens with zero attached hydrogens (tertiary/aromatic N) is 2. The largest absolute Gasteiger partial charge is 0.327 e. The van der Waals surface area contributed by atoms with Crippen LogP contribution in [0.5, 0.6) is 0 Å². The number of hydrogen-bond acceptors (Lipinski definition) is 1. The van der Waals surface area contributed by atoms with Crippen molar-refractivity contribution in [1.29, 1.82) is 0 Å². The molecule has 11 rings (SSSR count). The normalized spacial score (nSPS) is 13.6. The third-order valence-electron chi connectivity index (χ3n) is 11.2. The first-order chi connectivity index (χ1) is 24.2. The van der Waals surface area contributed by atoms with Gasteiger partial charge in [-0.3, -0.25) is 0 Å². The van der Waals surface area contributed by atoms with Crippen LogP contribution < -0.4 is 0 Å². The Bertz CT molecular complexity index is 2790. The highest BCUT2D eigenvalue weighted by molar-refractivity contribution is 6.06. The Morgan fingerprint density at radius 1 is 0.449 bits per heavy atom. The summed E-state index contributed by atoms with van der Waals surface area (Å²) in [7, 11) is 2.09. The molecule has 0 saturated carbocycles. The lowest BCUT2D eigenvalue weighted by molar-refractivity contribution is 0.802. The molecule has 228 valence electrons. The van der Waals surface area contributed by atoms with Gasteiger partial charge in [-0.15, -0.1) is 0 Å². The van der Waals surface area contributed by atoms with Crippen LogP contribution in [0.3, 0.4) is 0 Å². The van der Waals surface area contributed by atoms with Crippen molar-refractivity contribution in [2.75, 3.05) is 0 Å². The molecule has 2 aliphatic rings. The summed E-state index contributed by atoms with van der Waals surface area (Å²) < 4.78 is 2.18. The monoisotopic (exact) mass is 622 g/mol. The molecule has 0 aliphatic heterocycles. The van der Waals surface area contributed by atoms with Crippen LogP contribution in [-0.4, -0.2) is 9.55 Å². The number of hydrogen-bond donors (Lipinski definition) is 0. The van der Waals surface area contributed by atoms with Gasteiger partial charge in [0.05, 0.1) is 16.4 Å². The molecular formula is C47H30N2. The molecule has 2 heteroatoms. The zero-order chi connectivity index (χ0) is 32.3. The van der Waals surface area contributed by atoms with Crippen LogP contribution >= 0.6 is 0 Å². The number of rotatable bonds is 2. The van der Waals surface area contributed by atoms with Crippen molar-refractivity contribution in [3.05, 3.63) is 186 Å². The zero-order valence-electron chi connectivity index (χ0n) is 27.0. The molecular weight excluding hydrogens is 593 g/mol. The molecule has 0 amide bonds. The average Bonchev–Trinajstić information content (AvgIpc) is 3.77. The SMILES string of the molecule is Cn1c(-c2ccc(-c3ccc4cc5c(cc4c3)C3(c4ccccc4-c4ccccc43)c3c-5ccc4ccccc34)cc2)nc2ccccc21. The molecule has 1 spiro atoms. The molecule has 1 heterocycles. The summed E-state index contributed by atoms with van der Waals surface area (Å²) in [5, 5.41) is 5.13. The van der Waals surface area contributed by atoms with Gasteiger partial charge in [0.25, 0.3) is 0 Å². The lowest BCUT2D eigenvalue weighted by Gasteiger charge is -2.31. The second-order valence-electron chi connectivity index (χ2n) is 13.6. The third-order valence-corrected chi connectivity index (χ3v) is 11.2. The van der Waals surface area contributed by atoms with E-state index >= 15 is 0 Å². The molecule has 0 N–H and O–H groups in total. The van der Waals surface area contributed by atoms with Crippen molar-refractivity contribution in [2.24, 2.45) is 7.05 Å². The highest BCUT2D eigenvalue weighted by Gasteiger charge is 2.52. The molecule has 9 aromatic rings. The maximum absolute atomic E-state index is 4.92. The molecule has 0 unspecified atom stereocenters. The lowest BCUT2D eigenvalue weighted by Crippen LogP contribution is -2.26. The smallest absolute Gasteiger partial charge is 0.140 e. The Morgan fingerprint density at radius 2 is 1.10 bits per heavy atom. The van der Waals surface area contributed by atoms with Crippen LogP contribution in [0, 0.1) is 0 Å². The zero-order valence-corrected chi connectivity index (χ0v) is 27.0. The van der Waals surface area contributed by atoms with Gasteiger partial charge in [0.2, 0.25) is 0 Å². The third kappa shape index (κ3) is 3.48. The van der Waals surface area contributed by atoms with Gasteiger partial charge in [0, 0.05) is 12.6 Å². The van der Waals surface area contributed by atoms with Crippen molar-refractivity contribution in [3.63, 3.8) is 0 Å². The number of aryl methyl sites for hydroxylation is 1. The standard InChI is InChI=1S/C47H30N2/c1-49-44-17-9-8-16-43(44)48-46(49)31-20-18-29(19-21-31)32-22-23-33-27-39-38-25-24-30-10-2-3-11-35(30)45(38)47(42(39)28-34(33)26-32)40-14-6-4-12-36(40)37-13-5-7-15-41(37)47/h2-28H,1H3. The second-order valence-corrected chi connectivity index (χ2v) is 13.6. The van der Waals surface area contributed by atoms with Gasteiger partial charge in [-0.05, 0) is 108 Å². The van der Waals surface area contributed by atoms with E-state index in [9.17, 15) is 0 Å². The number of imidazole rings is 1. The van der Waals surface area contributed by atoms with Gasteiger partial charge in [-0.1, -0.05) is 133 Å². The maximum Gasteiger partial charge on any atom is 0.140 e. The second kappa shape index (κ2) is 9.65. The average molecular weight is 623 g/mol. The molecule has 2 nitrogen and oxygen atoms in total. The number of benzene rings is 8. The number of fused-ring (bicyclic) bond motifs is 14. The van der Waals surface area contributed by atoms with E-state index in [1.807, 2.05) is 6.07 Å². The molecule has 0 bridgehead atoms. The van der Waals surface area contributed by atoms with Crippen LogP contribution in [0.25, 0.3) is 77.3 Å². The molecule has 0 fully saturated rings. The van der Waals surface area contributed by atoms with E-state index in [4.69, 9.17) is 4.98 Å². The minimum Gasteiger partial charge on any atom is -0.327 e. The Labute approximate surface area is 284 Å². The van der Waals surface area contributed by atoms with Gasteiger partial charge in [0.15, 0.2) is 0 Å². The maximum atomic E-state index is 4.92. The van der Waals surface area contributed by atoms with E-state index < -0.39 is 5.41 Å². The van der Waals surface area contributed by atoms with E-state index in [2.05, 4.69) is 169 Å². The first-order valence-electron chi connectivity index (χ1n) is 17.0. The Kier molecular flexibility index (Phi) is 5.28. The quantitative estimate of drug-likeness (QED) is 0.188. The fraction of sp³-hybridized carbons (Fsp3) is 0.0426. The van der Waals surface area contributed by atoms with Crippen LogP contribution in [0.1, 0.15) is 22.3 Å². The van der Waals surface area contributed by atoms with E-state index in [-0.39, 0.29) is 0 Å². The summed E-state index contributed by atoms with van der Waals surface area (Å²) in [6.07, 6.45) is 0. The van der Waals surface area contributed by atoms with Crippen molar-refractivity contribution in [2.45, 2.75) is 5.41 Å². The number of aromatic nitrogens is 2. The first kappa shape index (κ1) is 26.8. The van der Waals surface area contributed by atoms with Gasteiger partial charge in [-0.25, -0.2) is 4.98 Å². The van der Waals surface area contributed by atoms with Gasteiger partial charge >= 0.3 is 0 Å². The highest BCUT2D eigenvalue weighted by atomic mass is 15.1. The van der Waals surface area contributed by atoms with Gasteiger partial charge in [-0.2, -0.15) is 0 Å². The molecule has 0 radical (unpaired) electrons. The Balaban J connectivity index is 1.12. The summed E-state index contributed by atoms with van der Waals surface area (Å²) in [6.45, 7) is 0. The first-order valence-corrected chi connectivity index (χ1v) is 17.0. The van der Waals surface area contributed by atoms with Gasteiger partial charge in [0.1, 0.15) is 5.82 Å². The minimum absolute atomic E-state index is 0.393. The van der Waals surface area contributed by atoms with E-state index in [1.165, 1.54) is 77.2 Å².